The molecule has 8 heteroatoms. The lowest BCUT2D eigenvalue weighted by atomic mass is 10.2. The van der Waals surface area contributed by atoms with Gasteiger partial charge in [0.15, 0.2) is 5.69 Å². The van der Waals surface area contributed by atoms with E-state index in [9.17, 15) is 4.79 Å². The lowest BCUT2D eigenvalue weighted by molar-refractivity contribution is 0.0124. The molecule has 3 rings (SSSR count). The minimum atomic E-state index is -0.213. The highest BCUT2D eigenvalue weighted by Crippen LogP contribution is 2.09. The average Bonchev–Trinajstić information content (AvgIpc) is 2.77. The molecule has 1 amide bonds. The molecule has 3 heterocycles. The van der Waals surface area contributed by atoms with Crippen LogP contribution in [0.1, 0.15) is 16.5 Å². The lowest BCUT2D eigenvalue weighted by Gasteiger charge is -2.27. The SMILES string of the molecule is O=C(NN1CCOCC1)c1cn(C2CNC2)nn1. The summed E-state index contributed by atoms with van der Waals surface area (Å²) in [5, 5.41) is 12.9. The molecule has 1 aromatic heterocycles. The van der Waals surface area contributed by atoms with Crippen LogP contribution in [-0.2, 0) is 4.74 Å². The van der Waals surface area contributed by atoms with Crippen molar-refractivity contribution in [2.75, 3.05) is 39.4 Å². The molecule has 0 bridgehead atoms. The zero-order chi connectivity index (χ0) is 12.4. The Kier molecular flexibility index (Phi) is 3.22. The molecule has 98 valence electrons. The van der Waals surface area contributed by atoms with E-state index in [4.69, 9.17) is 4.74 Å². The average molecular weight is 252 g/mol. The van der Waals surface area contributed by atoms with E-state index < -0.39 is 0 Å². The number of rotatable bonds is 3. The second-order valence-corrected chi connectivity index (χ2v) is 4.44. The number of morpholine rings is 1. The molecule has 0 saturated carbocycles. The Bertz CT molecular complexity index is 424. The van der Waals surface area contributed by atoms with Crippen molar-refractivity contribution in [3.05, 3.63) is 11.9 Å². The van der Waals surface area contributed by atoms with Crippen molar-refractivity contribution in [3.63, 3.8) is 0 Å². The van der Waals surface area contributed by atoms with Gasteiger partial charge in [0.2, 0.25) is 0 Å². The molecule has 0 radical (unpaired) electrons. The highest BCUT2D eigenvalue weighted by atomic mass is 16.5. The Morgan fingerprint density at radius 2 is 2.22 bits per heavy atom. The summed E-state index contributed by atoms with van der Waals surface area (Å²) in [6.45, 7) is 4.45. The van der Waals surface area contributed by atoms with Crippen molar-refractivity contribution in [3.8, 4) is 0 Å². The molecule has 0 spiro atoms. The predicted molar refractivity (Wildman–Crippen MR) is 61.8 cm³/mol. The van der Waals surface area contributed by atoms with Crippen LogP contribution >= 0.6 is 0 Å². The van der Waals surface area contributed by atoms with Crippen LogP contribution in [0, 0.1) is 0 Å². The number of carbonyl (C=O) groups excluding carboxylic acids is 1. The van der Waals surface area contributed by atoms with Gasteiger partial charge in [0.1, 0.15) is 0 Å². The molecule has 0 atom stereocenters. The monoisotopic (exact) mass is 252 g/mol. The smallest absolute Gasteiger partial charge is 0.287 e. The number of amides is 1. The van der Waals surface area contributed by atoms with Crippen LogP contribution in [0.15, 0.2) is 6.20 Å². The number of hydrogen-bond donors (Lipinski definition) is 2. The maximum absolute atomic E-state index is 11.9. The fourth-order valence-corrected chi connectivity index (χ4v) is 1.90. The lowest BCUT2D eigenvalue weighted by Crippen LogP contribution is -2.48. The zero-order valence-corrected chi connectivity index (χ0v) is 10.0. The van der Waals surface area contributed by atoms with Crippen molar-refractivity contribution < 1.29 is 9.53 Å². The van der Waals surface area contributed by atoms with Crippen molar-refractivity contribution in [1.82, 2.24) is 30.7 Å². The standard InChI is InChI=1S/C10H16N6O2/c17-10(13-15-1-3-18-4-2-15)9-7-16(14-12-9)8-5-11-6-8/h7-8,11H,1-6H2,(H,13,17). The first-order valence-electron chi connectivity index (χ1n) is 6.09. The number of hydrazine groups is 1. The summed E-state index contributed by atoms with van der Waals surface area (Å²) in [4.78, 5) is 11.9. The molecule has 2 saturated heterocycles. The van der Waals surface area contributed by atoms with E-state index in [1.54, 1.807) is 10.9 Å². The fraction of sp³-hybridized carbons (Fsp3) is 0.700. The van der Waals surface area contributed by atoms with Crippen LogP contribution in [0.4, 0.5) is 0 Å². The van der Waals surface area contributed by atoms with Crippen LogP contribution in [0.5, 0.6) is 0 Å². The summed E-state index contributed by atoms with van der Waals surface area (Å²) in [5.74, 6) is -0.213. The van der Waals surface area contributed by atoms with E-state index in [0.29, 0.717) is 38.0 Å². The molecular weight excluding hydrogens is 236 g/mol. The Labute approximate surface area is 104 Å². The van der Waals surface area contributed by atoms with Crippen LogP contribution in [0.3, 0.4) is 0 Å². The number of carbonyl (C=O) groups is 1. The third-order valence-corrected chi connectivity index (χ3v) is 3.15. The summed E-state index contributed by atoms with van der Waals surface area (Å²) >= 11 is 0. The fourth-order valence-electron chi connectivity index (χ4n) is 1.90. The van der Waals surface area contributed by atoms with Crippen LogP contribution in [-0.4, -0.2) is 65.3 Å². The van der Waals surface area contributed by atoms with Crippen molar-refractivity contribution in [1.29, 1.82) is 0 Å². The van der Waals surface area contributed by atoms with Crippen LogP contribution in [0.25, 0.3) is 0 Å². The van der Waals surface area contributed by atoms with Crippen molar-refractivity contribution in [2.24, 2.45) is 0 Å². The van der Waals surface area contributed by atoms with E-state index in [2.05, 4.69) is 21.1 Å². The number of hydrogen-bond acceptors (Lipinski definition) is 6. The van der Waals surface area contributed by atoms with Gasteiger partial charge < -0.3 is 10.1 Å². The van der Waals surface area contributed by atoms with Gasteiger partial charge >= 0.3 is 0 Å². The molecule has 0 aliphatic carbocycles. The van der Waals surface area contributed by atoms with Crippen LogP contribution < -0.4 is 10.7 Å². The largest absolute Gasteiger partial charge is 0.379 e. The summed E-state index contributed by atoms with van der Waals surface area (Å²) in [7, 11) is 0. The van der Waals surface area contributed by atoms with Gasteiger partial charge in [-0.05, 0) is 0 Å². The van der Waals surface area contributed by atoms with Gasteiger partial charge in [-0.1, -0.05) is 5.21 Å². The Balaban J connectivity index is 1.59. The highest BCUT2D eigenvalue weighted by Gasteiger charge is 2.22. The van der Waals surface area contributed by atoms with E-state index in [1.165, 1.54) is 0 Å². The Morgan fingerprint density at radius 1 is 1.44 bits per heavy atom. The molecule has 1 aromatic rings. The molecule has 2 fully saturated rings. The minimum Gasteiger partial charge on any atom is -0.379 e. The van der Waals surface area contributed by atoms with Gasteiger partial charge in [0.25, 0.3) is 5.91 Å². The predicted octanol–water partition coefficient (Wildman–Crippen LogP) is -1.60. The van der Waals surface area contributed by atoms with Crippen molar-refractivity contribution >= 4 is 5.91 Å². The van der Waals surface area contributed by atoms with Gasteiger partial charge in [0, 0.05) is 26.2 Å². The molecule has 2 N–H and O–H groups in total. The number of nitrogens with zero attached hydrogens (tertiary/aromatic N) is 4. The molecule has 18 heavy (non-hydrogen) atoms. The zero-order valence-electron chi connectivity index (χ0n) is 10.0. The second kappa shape index (κ2) is 5.01. The van der Waals surface area contributed by atoms with Gasteiger partial charge in [-0.25, -0.2) is 9.69 Å². The van der Waals surface area contributed by atoms with Crippen LogP contribution in [0.2, 0.25) is 0 Å². The van der Waals surface area contributed by atoms with E-state index in [1.807, 2.05) is 5.01 Å². The maximum Gasteiger partial charge on any atom is 0.287 e. The molecule has 0 unspecified atom stereocenters. The Morgan fingerprint density at radius 3 is 2.89 bits per heavy atom. The number of nitrogens with one attached hydrogen (secondary N) is 2. The first kappa shape index (κ1) is 11.6. The first-order chi connectivity index (χ1) is 8.83. The van der Waals surface area contributed by atoms with Gasteiger partial charge in [0.05, 0.1) is 25.5 Å². The summed E-state index contributed by atoms with van der Waals surface area (Å²) in [6.07, 6.45) is 1.70. The van der Waals surface area contributed by atoms with E-state index in [-0.39, 0.29) is 5.91 Å². The summed E-state index contributed by atoms with van der Waals surface area (Å²) in [6, 6.07) is 0.322. The highest BCUT2D eigenvalue weighted by molar-refractivity contribution is 5.91. The molecular formula is C10H16N6O2. The molecule has 0 aromatic carbocycles. The van der Waals surface area contributed by atoms with Gasteiger partial charge in [-0.3, -0.25) is 10.2 Å². The van der Waals surface area contributed by atoms with E-state index >= 15 is 0 Å². The summed E-state index contributed by atoms with van der Waals surface area (Å²) < 4.78 is 6.95. The maximum atomic E-state index is 11.9. The molecule has 2 aliphatic heterocycles. The van der Waals surface area contributed by atoms with Gasteiger partial charge in [-0.15, -0.1) is 5.10 Å². The minimum absolute atomic E-state index is 0.213. The van der Waals surface area contributed by atoms with Crippen molar-refractivity contribution in [2.45, 2.75) is 6.04 Å². The molecule has 2 aliphatic rings. The van der Waals surface area contributed by atoms with E-state index in [0.717, 1.165) is 13.1 Å². The third kappa shape index (κ3) is 2.35. The third-order valence-electron chi connectivity index (χ3n) is 3.15. The van der Waals surface area contributed by atoms with Gasteiger partial charge in [-0.2, -0.15) is 0 Å². The Hall–Kier alpha value is -1.51. The second-order valence-electron chi connectivity index (χ2n) is 4.44. The topological polar surface area (TPSA) is 84.3 Å². The molecule has 8 nitrogen and oxygen atoms in total. The first-order valence-corrected chi connectivity index (χ1v) is 6.09. The number of ether oxygens (including phenoxy) is 1. The summed E-state index contributed by atoms with van der Waals surface area (Å²) in [5.41, 5.74) is 3.16. The number of aromatic nitrogens is 3. The quantitative estimate of drug-likeness (QED) is 0.674. The normalized spacial score (nSPS) is 21.6.